The molecule has 7 nitrogen and oxygen atoms in total. The van der Waals surface area contributed by atoms with Gasteiger partial charge in [0.2, 0.25) is 0 Å². The second kappa shape index (κ2) is 7.65. The topological polar surface area (TPSA) is 87.0 Å². The molecular weight excluding hydrogens is 348 g/mol. The van der Waals surface area contributed by atoms with Crippen molar-refractivity contribution in [3.8, 4) is 0 Å². The lowest BCUT2D eigenvalue weighted by atomic mass is 9.86. The molecule has 134 valence electrons. The summed E-state index contributed by atoms with van der Waals surface area (Å²) in [7, 11) is 2.31. The van der Waals surface area contributed by atoms with Gasteiger partial charge in [-0.1, -0.05) is 25.4 Å². The summed E-state index contributed by atoms with van der Waals surface area (Å²) in [4.78, 5) is 37.0. The molecule has 1 atom stereocenters. The molecule has 0 aromatic carbocycles. The van der Waals surface area contributed by atoms with Gasteiger partial charge >= 0.3 is 11.9 Å². The highest BCUT2D eigenvalue weighted by Crippen LogP contribution is 2.26. The Hall–Kier alpha value is -2.41. The van der Waals surface area contributed by atoms with E-state index in [0.29, 0.717) is 28.2 Å². The highest BCUT2D eigenvalue weighted by atomic mass is 35.5. The van der Waals surface area contributed by atoms with Gasteiger partial charge in [-0.15, -0.1) is 0 Å². The molecule has 0 spiro atoms. The highest BCUT2D eigenvalue weighted by Gasteiger charge is 2.40. The van der Waals surface area contributed by atoms with Crippen molar-refractivity contribution in [2.45, 2.75) is 20.3 Å². The van der Waals surface area contributed by atoms with Crippen LogP contribution < -0.4 is 0 Å². The molecule has 0 saturated heterocycles. The van der Waals surface area contributed by atoms with Gasteiger partial charge in [-0.3, -0.25) is 14.4 Å². The number of ketones is 1. The zero-order chi connectivity index (χ0) is 18.7. The van der Waals surface area contributed by atoms with Crippen LogP contribution in [-0.2, 0) is 25.5 Å². The van der Waals surface area contributed by atoms with Crippen LogP contribution in [-0.4, -0.2) is 41.6 Å². The molecule has 0 saturated carbocycles. The Bertz CT molecular complexity index is 814. The van der Waals surface area contributed by atoms with Crippen molar-refractivity contribution in [1.82, 2.24) is 9.61 Å². The predicted molar refractivity (Wildman–Crippen MR) is 90.6 cm³/mol. The summed E-state index contributed by atoms with van der Waals surface area (Å²) >= 11 is 5.97. The fourth-order valence-corrected chi connectivity index (χ4v) is 2.88. The van der Waals surface area contributed by atoms with E-state index in [1.54, 1.807) is 18.3 Å². The van der Waals surface area contributed by atoms with Gasteiger partial charge in [0.15, 0.2) is 11.7 Å². The Kier molecular flexibility index (Phi) is 5.79. The van der Waals surface area contributed by atoms with E-state index < -0.39 is 23.8 Å². The quantitative estimate of drug-likeness (QED) is 0.443. The zero-order valence-electron chi connectivity index (χ0n) is 14.4. The van der Waals surface area contributed by atoms with Crippen LogP contribution in [0.25, 0.3) is 5.52 Å². The lowest BCUT2D eigenvalue weighted by Gasteiger charge is -2.18. The Morgan fingerprint density at radius 2 is 1.80 bits per heavy atom. The number of methoxy groups -OCH3 is 2. The van der Waals surface area contributed by atoms with E-state index >= 15 is 0 Å². The number of fused-ring (bicyclic) bond motifs is 1. The third-order valence-corrected chi connectivity index (χ3v) is 4.29. The largest absolute Gasteiger partial charge is 0.468 e. The Labute approximate surface area is 149 Å². The summed E-state index contributed by atoms with van der Waals surface area (Å²) in [5.41, 5.74) is 1.49. The van der Waals surface area contributed by atoms with Crippen LogP contribution in [0.3, 0.4) is 0 Å². The standard InChI is InChI=1S/C17H19ClN2O5/c1-5-11-14(12-7-6-10(18)8-20(12)19-11)15(21)9(2)13(16(22)24-3)17(23)25-4/h6-9,13H,5H2,1-4H3. The van der Waals surface area contributed by atoms with Crippen molar-refractivity contribution in [3.05, 3.63) is 34.6 Å². The summed E-state index contributed by atoms with van der Waals surface area (Å²) in [5.74, 6) is -4.31. The van der Waals surface area contributed by atoms with Crippen molar-refractivity contribution < 1.29 is 23.9 Å². The van der Waals surface area contributed by atoms with E-state index in [-0.39, 0.29) is 5.78 Å². The van der Waals surface area contributed by atoms with E-state index in [4.69, 9.17) is 11.6 Å². The van der Waals surface area contributed by atoms with Gasteiger partial charge < -0.3 is 9.47 Å². The van der Waals surface area contributed by atoms with Gasteiger partial charge in [0.05, 0.1) is 36.0 Å². The zero-order valence-corrected chi connectivity index (χ0v) is 15.2. The average Bonchev–Trinajstić information content (AvgIpc) is 2.97. The minimum atomic E-state index is -1.34. The molecule has 0 N–H and O–H groups in total. The number of halogens is 1. The number of hydrogen-bond acceptors (Lipinski definition) is 6. The third-order valence-electron chi connectivity index (χ3n) is 4.07. The summed E-state index contributed by atoms with van der Waals surface area (Å²) in [5, 5.41) is 4.84. The van der Waals surface area contributed by atoms with Gasteiger partial charge in [0.1, 0.15) is 0 Å². The number of nitrogens with zero attached hydrogens (tertiary/aromatic N) is 2. The van der Waals surface area contributed by atoms with E-state index in [1.165, 1.54) is 11.4 Å². The van der Waals surface area contributed by atoms with Crippen molar-refractivity contribution in [2.75, 3.05) is 14.2 Å². The third kappa shape index (κ3) is 3.51. The van der Waals surface area contributed by atoms with Gasteiger partial charge in [-0.05, 0) is 18.6 Å². The van der Waals surface area contributed by atoms with Crippen LogP contribution >= 0.6 is 11.6 Å². The number of pyridine rings is 1. The molecule has 0 amide bonds. The molecule has 0 aliphatic rings. The maximum Gasteiger partial charge on any atom is 0.320 e. The van der Waals surface area contributed by atoms with Crippen LogP contribution in [0.4, 0.5) is 0 Å². The molecule has 0 aliphatic heterocycles. The fraction of sp³-hybridized carbons (Fsp3) is 0.412. The Morgan fingerprint density at radius 1 is 1.20 bits per heavy atom. The fourth-order valence-electron chi connectivity index (χ4n) is 2.73. The van der Waals surface area contributed by atoms with Gasteiger partial charge in [0.25, 0.3) is 0 Å². The maximum atomic E-state index is 13.1. The molecule has 0 radical (unpaired) electrons. The molecule has 25 heavy (non-hydrogen) atoms. The number of esters is 2. The molecule has 1 unspecified atom stereocenters. The minimum absolute atomic E-state index is 0.365. The van der Waals surface area contributed by atoms with Crippen LogP contribution in [0.2, 0.25) is 5.02 Å². The van der Waals surface area contributed by atoms with E-state index in [1.807, 2.05) is 6.92 Å². The Morgan fingerprint density at radius 3 is 2.32 bits per heavy atom. The van der Waals surface area contributed by atoms with E-state index in [9.17, 15) is 14.4 Å². The van der Waals surface area contributed by atoms with Crippen molar-refractivity contribution in [1.29, 1.82) is 0 Å². The first-order chi connectivity index (χ1) is 11.8. The number of ether oxygens (including phenoxy) is 2. The normalized spacial score (nSPS) is 12.2. The number of aromatic nitrogens is 2. The monoisotopic (exact) mass is 366 g/mol. The second-order valence-corrected chi connectivity index (χ2v) is 5.97. The number of rotatable bonds is 6. The molecule has 2 rings (SSSR count). The summed E-state index contributed by atoms with van der Waals surface area (Å²) < 4.78 is 10.8. The molecule has 2 aromatic heterocycles. The maximum absolute atomic E-state index is 13.1. The molecule has 0 bridgehead atoms. The van der Waals surface area contributed by atoms with Crippen molar-refractivity contribution in [2.24, 2.45) is 11.8 Å². The van der Waals surface area contributed by atoms with Crippen LogP contribution in [0.15, 0.2) is 18.3 Å². The predicted octanol–water partition coefficient (Wildman–Crippen LogP) is 2.33. The summed E-state index contributed by atoms with van der Waals surface area (Å²) in [6.45, 7) is 3.36. The van der Waals surface area contributed by atoms with Crippen molar-refractivity contribution >= 4 is 34.8 Å². The van der Waals surface area contributed by atoms with E-state index in [0.717, 1.165) is 14.2 Å². The molecule has 2 aromatic rings. The van der Waals surface area contributed by atoms with Gasteiger partial charge in [-0.2, -0.15) is 5.10 Å². The van der Waals surface area contributed by atoms with Gasteiger partial charge in [-0.25, -0.2) is 4.52 Å². The van der Waals surface area contributed by atoms with Crippen LogP contribution in [0, 0.1) is 11.8 Å². The minimum Gasteiger partial charge on any atom is -0.468 e. The molecule has 8 heteroatoms. The number of hydrogen-bond donors (Lipinski definition) is 0. The molecule has 0 aliphatic carbocycles. The van der Waals surface area contributed by atoms with Crippen LogP contribution in [0.5, 0.6) is 0 Å². The number of aryl methyl sites for hydroxylation is 1. The lowest BCUT2D eigenvalue weighted by Crippen LogP contribution is -2.36. The highest BCUT2D eigenvalue weighted by molar-refractivity contribution is 6.30. The first-order valence-electron chi connectivity index (χ1n) is 7.72. The van der Waals surface area contributed by atoms with E-state index in [2.05, 4.69) is 14.6 Å². The molecular formula is C17H19ClN2O5. The molecule has 2 heterocycles. The smallest absolute Gasteiger partial charge is 0.320 e. The van der Waals surface area contributed by atoms with Gasteiger partial charge in [0, 0.05) is 12.1 Å². The Balaban J connectivity index is 2.53. The summed E-state index contributed by atoms with van der Waals surface area (Å²) in [6.07, 6.45) is 2.10. The lowest BCUT2D eigenvalue weighted by molar-refractivity contribution is -0.160. The SMILES string of the molecule is CCc1nn2cc(Cl)ccc2c1C(=O)C(C)C(C(=O)OC)C(=O)OC. The molecule has 0 fully saturated rings. The second-order valence-electron chi connectivity index (χ2n) is 5.53. The first-order valence-corrected chi connectivity index (χ1v) is 8.10. The average molecular weight is 367 g/mol. The van der Waals surface area contributed by atoms with Crippen LogP contribution in [0.1, 0.15) is 29.9 Å². The summed E-state index contributed by atoms with van der Waals surface area (Å²) in [6, 6.07) is 3.33. The van der Waals surface area contributed by atoms with Crippen molar-refractivity contribution in [3.63, 3.8) is 0 Å². The first kappa shape index (κ1) is 18.9. The number of carbonyl (C=O) groups excluding carboxylic acids is 3. The number of Topliss-reactive ketones (excluding diaryl/α,β-unsaturated/α-hetero) is 1. The number of carbonyl (C=O) groups is 3.